The molecule has 2 N–H and O–H groups in total. The predicted octanol–water partition coefficient (Wildman–Crippen LogP) is 1.48. The molecule has 0 spiro atoms. The van der Waals surface area contributed by atoms with E-state index < -0.39 is 0 Å². The molecule has 7 nitrogen and oxygen atoms in total. The highest BCUT2D eigenvalue weighted by Gasteiger charge is 2.29. The number of nitrogens with zero attached hydrogens (tertiary/aromatic N) is 4. The fourth-order valence-corrected chi connectivity index (χ4v) is 3.83. The zero-order valence-electron chi connectivity index (χ0n) is 15.3. The molecule has 0 bridgehead atoms. The minimum atomic E-state index is 0.302. The Labute approximate surface area is 149 Å². The summed E-state index contributed by atoms with van der Waals surface area (Å²) in [5, 5.41) is 15.1. The van der Waals surface area contributed by atoms with Gasteiger partial charge in [-0.1, -0.05) is 0 Å². The molecule has 1 aromatic heterocycles. The number of aliphatic imine (C=N–C) groups is 1. The molecule has 1 fully saturated rings. The Bertz CT molecular complexity index is 539. The number of nitrogens with one attached hydrogen (secondary N) is 2. The number of methoxy groups -OCH3 is 1. The van der Waals surface area contributed by atoms with Gasteiger partial charge < -0.3 is 19.9 Å². The summed E-state index contributed by atoms with van der Waals surface area (Å²) in [6.45, 7) is 7.29. The van der Waals surface area contributed by atoms with Gasteiger partial charge in [-0.3, -0.25) is 0 Å². The molecule has 0 aromatic carbocycles. The van der Waals surface area contributed by atoms with E-state index in [9.17, 15) is 0 Å². The number of aryl methyl sites for hydroxylation is 1. The normalized spacial score (nSPS) is 21.2. The lowest BCUT2D eigenvalue weighted by molar-refractivity contribution is 0.195. The van der Waals surface area contributed by atoms with Crippen molar-refractivity contribution in [2.75, 3.05) is 32.6 Å². The van der Waals surface area contributed by atoms with Gasteiger partial charge in [-0.15, -0.1) is 10.2 Å². The van der Waals surface area contributed by atoms with Crippen molar-refractivity contribution in [2.45, 2.75) is 44.4 Å². The average molecular weight is 355 g/mol. The van der Waals surface area contributed by atoms with Crippen LogP contribution in [0.1, 0.15) is 37.8 Å². The molecule has 1 aromatic rings. The maximum Gasteiger partial charge on any atom is 0.191 e. The van der Waals surface area contributed by atoms with Crippen LogP contribution in [-0.4, -0.2) is 58.0 Å². The van der Waals surface area contributed by atoms with Gasteiger partial charge in [0.2, 0.25) is 0 Å². The molecule has 2 rings (SSSR count). The Morgan fingerprint density at radius 2 is 2.25 bits per heavy atom. The molecule has 8 heteroatoms. The topological polar surface area (TPSA) is 76.4 Å². The van der Waals surface area contributed by atoms with E-state index in [1.165, 1.54) is 18.6 Å². The summed E-state index contributed by atoms with van der Waals surface area (Å²) < 4.78 is 7.38. The lowest BCUT2D eigenvalue weighted by Crippen LogP contribution is -2.44. The number of aromatic nitrogens is 3. The first kappa shape index (κ1) is 19.1. The highest BCUT2D eigenvalue weighted by molar-refractivity contribution is 8.00. The van der Waals surface area contributed by atoms with Gasteiger partial charge in [-0.2, -0.15) is 11.8 Å². The van der Waals surface area contributed by atoms with Crippen LogP contribution in [-0.2, 0) is 18.3 Å². The van der Waals surface area contributed by atoms with Gasteiger partial charge in [0.1, 0.15) is 12.4 Å². The summed E-state index contributed by atoms with van der Waals surface area (Å²) >= 11 is 2.05. The fraction of sp³-hybridized carbons (Fsp3) is 0.812. The van der Waals surface area contributed by atoms with Crippen LogP contribution in [0.2, 0.25) is 0 Å². The third kappa shape index (κ3) is 5.66. The minimum Gasteiger partial charge on any atom is -0.385 e. The first-order chi connectivity index (χ1) is 11.5. The van der Waals surface area contributed by atoms with Crippen molar-refractivity contribution in [1.82, 2.24) is 25.4 Å². The molecule has 24 heavy (non-hydrogen) atoms. The first-order valence-electron chi connectivity index (χ1n) is 8.54. The van der Waals surface area contributed by atoms with Crippen LogP contribution in [0.15, 0.2) is 4.99 Å². The van der Waals surface area contributed by atoms with Crippen molar-refractivity contribution >= 4 is 17.7 Å². The van der Waals surface area contributed by atoms with Gasteiger partial charge in [-0.05, 0) is 38.9 Å². The molecular formula is C16H30N6OS. The molecule has 2 heterocycles. The Kier molecular flexibility index (Phi) is 7.36. The fourth-order valence-electron chi connectivity index (χ4n) is 2.58. The molecule has 1 saturated heterocycles. The standard InChI is InChI=1S/C16H30N6OS/c1-13-20-21-14(22(13)3)11-18-15(17-8-6-9-23-4)19-12-16(2)7-5-10-24-16/h5-12H2,1-4H3,(H2,17,18,19). The van der Waals surface area contributed by atoms with Crippen LogP contribution in [0.4, 0.5) is 0 Å². The molecule has 1 unspecified atom stereocenters. The van der Waals surface area contributed by atoms with E-state index in [4.69, 9.17) is 4.74 Å². The van der Waals surface area contributed by atoms with Gasteiger partial charge in [-0.25, -0.2) is 4.99 Å². The Hall–Kier alpha value is -1.28. The summed E-state index contributed by atoms with van der Waals surface area (Å²) in [5.41, 5.74) is 0. The summed E-state index contributed by atoms with van der Waals surface area (Å²) in [7, 11) is 3.69. The van der Waals surface area contributed by atoms with E-state index in [1.54, 1.807) is 7.11 Å². The number of guanidine groups is 1. The third-order valence-electron chi connectivity index (χ3n) is 4.31. The summed E-state index contributed by atoms with van der Waals surface area (Å²) in [4.78, 5) is 4.68. The van der Waals surface area contributed by atoms with Gasteiger partial charge in [0.25, 0.3) is 0 Å². The van der Waals surface area contributed by atoms with Crippen molar-refractivity contribution in [3.63, 3.8) is 0 Å². The smallest absolute Gasteiger partial charge is 0.191 e. The molecular weight excluding hydrogens is 324 g/mol. The number of rotatable bonds is 8. The van der Waals surface area contributed by atoms with Crippen LogP contribution >= 0.6 is 11.8 Å². The zero-order valence-corrected chi connectivity index (χ0v) is 16.1. The summed E-state index contributed by atoms with van der Waals surface area (Å²) in [6, 6.07) is 0. The van der Waals surface area contributed by atoms with Crippen LogP contribution in [0.5, 0.6) is 0 Å². The molecule has 0 aliphatic carbocycles. The van der Waals surface area contributed by atoms with Gasteiger partial charge in [0.05, 0.1) is 0 Å². The van der Waals surface area contributed by atoms with Crippen molar-refractivity contribution in [3.05, 3.63) is 11.6 Å². The molecule has 1 aliphatic heterocycles. The number of ether oxygens (including phenoxy) is 1. The minimum absolute atomic E-state index is 0.302. The second-order valence-corrected chi connectivity index (χ2v) is 8.10. The van der Waals surface area contributed by atoms with Crippen LogP contribution in [0.25, 0.3) is 0 Å². The molecule has 0 saturated carbocycles. The third-order valence-corrected chi connectivity index (χ3v) is 5.85. The van der Waals surface area contributed by atoms with Crippen molar-refractivity contribution in [3.8, 4) is 0 Å². The Morgan fingerprint density at radius 1 is 1.42 bits per heavy atom. The molecule has 0 radical (unpaired) electrons. The summed E-state index contributed by atoms with van der Waals surface area (Å²) in [6.07, 6.45) is 3.51. The monoisotopic (exact) mass is 354 g/mol. The van der Waals surface area contributed by atoms with E-state index in [0.29, 0.717) is 11.3 Å². The molecule has 136 valence electrons. The van der Waals surface area contributed by atoms with Gasteiger partial charge >= 0.3 is 0 Å². The van der Waals surface area contributed by atoms with Gasteiger partial charge in [0, 0.05) is 38.6 Å². The predicted molar refractivity (Wildman–Crippen MR) is 99.5 cm³/mol. The van der Waals surface area contributed by atoms with E-state index in [0.717, 1.165) is 43.7 Å². The SMILES string of the molecule is COCCCNC(=NCc1nnc(C)n1C)NCC1(C)CCCS1. The highest BCUT2D eigenvalue weighted by Crippen LogP contribution is 2.36. The average Bonchev–Trinajstić information content (AvgIpc) is 3.14. The Balaban J connectivity index is 1.92. The number of hydrogen-bond donors (Lipinski definition) is 2. The van der Waals surface area contributed by atoms with E-state index in [1.807, 2.05) is 30.3 Å². The van der Waals surface area contributed by atoms with Crippen molar-refractivity contribution in [1.29, 1.82) is 0 Å². The largest absolute Gasteiger partial charge is 0.385 e. The first-order valence-corrected chi connectivity index (χ1v) is 9.52. The summed E-state index contributed by atoms with van der Waals surface area (Å²) in [5.74, 6) is 3.86. The Morgan fingerprint density at radius 3 is 2.88 bits per heavy atom. The van der Waals surface area contributed by atoms with Crippen LogP contribution in [0, 0.1) is 6.92 Å². The molecule has 1 atom stereocenters. The highest BCUT2D eigenvalue weighted by atomic mass is 32.2. The van der Waals surface area contributed by atoms with E-state index in [-0.39, 0.29) is 0 Å². The van der Waals surface area contributed by atoms with E-state index >= 15 is 0 Å². The van der Waals surface area contributed by atoms with Crippen LogP contribution in [0.3, 0.4) is 0 Å². The molecule has 1 aliphatic rings. The number of thioether (sulfide) groups is 1. The van der Waals surface area contributed by atoms with Gasteiger partial charge in [0.15, 0.2) is 11.8 Å². The second-order valence-electron chi connectivity index (χ2n) is 6.42. The lowest BCUT2D eigenvalue weighted by Gasteiger charge is -2.24. The van der Waals surface area contributed by atoms with Crippen molar-refractivity contribution < 1.29 is 4.74 Å². The second kappa shape index (κ2) is 9.27. The molecule has 0 amide bonds. The quantitative estimate of drug-likeness (QED) is 0.418. The van der Waals surface area contributed by atoms with E-state index in [2.05, 4.69) is 32.7 Å². The maximum atomic E-state index is 5.10. The zero-order chi connectivity index (χ0) is 17.4. The lowest BCUT2D eigenvalue weighted by atomic mass is 10.1. The van der Waals surface area contributed by atoms with Crippen molar-refractivity contribution in [2.24, 2.45) is 12.0 Å². The maximum absolute atomic E-state index is 5.10. The van der Waals surface area contributed by atoms with Crippen LogP contribution < -0.4 is 10.6 Å². The number of hydrogen-bond acceptors (Lipinski definition) is 5.